The number of hydrogen-bond acceptors (Lipinski definition) is 6. The quantitative estimate of drug-likeness (QED) is 0.723. The van der Waals surface area contributed by atoms with Crippen LogP contribution >= 0.6 is 0 Å². The van der Waals surface area contributed by atoms with Crippen LogP contribution in [0.15, 0.2) is 0 Å². The third kappa shape index (κ3) is 6.12. The lowest BCUT2D eigenvalue weighted by molar-refractivity contribution is -0.0716. The Morgan fingerprint density at radius 3 is 1.95 bits per heavy atom. The third-order valence-corrected chi connectivity index (χ3v) is 2.93. The molecule has 1 aliphatic carbocycles. The molecule has 6 heteroatoms. The van der Waals surface area contributed by atoms with Crippen LogP contribution in [-0.2, 0) is 18.9 Å². The van der Waals surface area contributed by atoms with Gasteiger partial charge in [-0.3, -0.25) is 0 Å². The molecule has 0 heterocycles. The van der Waals surface area contributed by atoms with Crippen molar-refractivity contribution in [1.82, 2.24) is 0 Å². The second-order valence-corrected chi connectivity index (χ2v) is 5.23. The monoisotopic (exact) mass is 288 g/mol. The van der Waals surface area contributed by atoms with Crippen LogP contribution in [0.5, 0.6) is 0 Å². The second-order valence-electron chi connectivity index (χ2n) is 5.23. The van der Waals surface area contributed by atoms with E-state index in [1.807, 2.05) is 13.8 Å². The van der Waals surface area contributed by atoms with Gasteiger partial charge in [-0.05, 0) is 38.5 Å². The van der Waals surface area contributed by atoms with Gasteiger partial charge in [0.15, 0.2) is 0 Å². The fraction of sp³-hybridized carbons (Fsp3) is 0.857. The van der Waals surface area contributed by atoms with E-state index >= 15 is 0 Å². The van der Waals surface area contributed by atoms with Gasteiger partial charge in [-0.2, -0.15) is 0 Å². The summed E-state index contributed by atoms with van der Waals surface area (Å²) in [7, 11) is 0. The third-order valence-electron chi connectivity index (χ3n) is 2.93. The summed E-state index contributed by atoms with van der Waals surface area (Å²) in [5, 5.41) is 0. The van der Waals surface area contributed by atoms with E-state index in [1.165, 1.54) is 0 Å². The van der Waals surface area contributed by atoms with E-state index in [9.17, 15) is 9.59 Å². The maximum absolute atomic E-state index is 11.6. The number of rotatable bonds is 5. The van der Waals surface area contributed by atoms with Crippen molar-refractivity contribution in [3.63, 3.8) is 0 Å². The number of carbonyl (C=O) groups is 2. The lowest BCUT2D eigenvalue weighted by atomic mass is 9.95. The molecule has 0 bridgehead atoms. The van der Waals surface area contributed by atoms with Gasteiger partial charge in [-0.15, -0.1) is 0 Å². The van der Waals surface area contributed by atoms with Crippen LogP contribution in [0.4, 0.5) is 9.59 Å². The molecule has 1 rings (SSSR count). The van der Waals surface area contributed by atoms with Gasteiger partial charge in [-0.1, -0.05) is 13.8 Å². The molecule has 0 aromatic heterocycles. The molecule has 6 nitrogen and oxygen atoms in total. The van der Waals surface area contributed by atoms with E-state index in [0.717, 1.165) is 12.8 Å². The number of hydrogen-bond donors (Lipinski definition) is 0. The summed E-state index contributed by atoms with van der Waals surface area (Å²) < 4.78 is 20.1. The first-order valence-corrected chi connectivity index (χ1v) is 7.19. The molecule has 20 heavy (non-hydrogen) atoms. The van der Waals surface area contributed by atoms with Crippen molar-refractivity contribution in [3.05, 3.63) is 0 Å². The van der Waals surface area contributed by atoms with Gasteiger partial charge in [0.2, 0.25) is 0 Å². The average Bonchev–Trinajstić information content (AvgIpc) is 2.39. The van der Waals surface area contributed by atoms with Crippen LogP contribution in [0.1, 0.15) is 46.5 Å². The fourth-order valence-corrected chi connectivity index (χ4v) is 2.00. The van der Waals surface area contributed by atoms with Gasteiger partial charge in [0.25, 0.3) is 0 Å². The van der Waals surface area contributed by atoms with Crippen molar-refractivity contribution in [3.8, 4) is 0 Å². The number of carbonyl (C=O) groups excluding carboxylic acids is 2. The van der Waals surface area contributed by atoms with Gasteiger partial charge in [-0.25, -0.2) is 9.59 Å². The summed E-state index contributed by atoms with van der Waals surface area (Å²) in [4.78, 5) is 22.9. The molecule has 0 aliphatic heterocycles. The smallest absolute Gasteiger partial charge is 0.435 e. The van der Waals surface area contributed by atoms with Gasteiger partial charge >= 0.3 is 12.3 Å². The lowest BCUT2D eigenvalue weighted by Crippen LogP contribution is -2.38. The van der Waals surface area contributed by atoms with Crippen molar-refractivity contribution >= 4 is 12.3 Å². The van der Waals surface area contributed by atoms with Gasteiger partial charge < -0.3 is 18.9 Å². The molecule has 0 aromatic rings. The van der Waals surface area contributed by atoms with Crippen molar-refractivity contribution < 1.29 is 28.5 Å². The van der Waals surface area contributed by atoms with Crippen LogP contribution in [0.25, 0.3) is 0 Å². The molecule has 2 atom stereocenters. The molecule has 2 unspecified atom stereocenters. The largest absolute Gasteiger partial charge is 0.508 e. The van der Waals surface area contributed by atoms with Crippen molar-refractivity contribution in [1.29, 1.82) is 0 Å². The van der Waals surface area contributed by atoms with Crippen molar-refractivity contribution in [2.24, 2.45) is 5.92 Å². The second kappa shape index (κ2) is 8.66. The standard InChI is InChI=1S/C14H24O6/c1-4-17-13(15)19-11-7-5-6-8-12(11)20-14(16)18-9-10(2)3/h10-12H,4-9H2,1-3H3. The summed E-state index contributed by atoms with van der Waals surface area (Å²) in [5.41, 5.74) is 0. The van der Waals surface area contributed by atoms with Crippen LogP contribution in [0.3, 0.4) is 0 Å². The zero-order valence-electron chi connectivity index (χ0n) is 12.4. The zero-order valence-corrected chi connectivity index (χ0v) is 12.4. The molecule has 116 valence electrons. The Kier molecular flexibility index (Phi) is 7.18. The highest BCUT2D eigenvalue weighted by atomic mass is 16.8. The van der Waals surface area contributed by atoms with Crippen LogP contribution in [-0.4, -0.2) is 37.7 Å². The molecule has 0 N–H and O–H groups in total. The average molecular weight is 288 g/mol. The summed E-state index contributed by atoms with van der Waals surface area (Å²) in [5.74, 6) is 0.250. The molecule has 1 aliphatic rings. The highest BCUT2D eigenvalue weighted by Gasteiger charge is 2.32. The van der Waals surface area contributed by atoms with Crippen molar-refractivity contribution in [2.75, 3.05) is 13.2 Å². The lowest BCUT2D eigenvalue weighted by Gasteiger charge is -2.29. The Morgan fingerprint density at radius 1 is 1.00 bits per heavy atom. The van der Waals surface area contributed by atoms with E-state index in [4.69, 9.17) is 18.9 Å². The molecular weight excluding hydrogens is 264 g/mol. The summed E-state index contributed by atoms with van der Waals surface area (Å²) in [6.45, 7) is 6.17. The first-order valence-electron chi connectivity index (χ1n) is 7.19. The summed E-state index contributed by atoms with van der Waals surface area (Å²) in [6.07, 6.45) is 0.881. The predicted molar refractivity (Wildman–Crippen MR) is 71.4 cm³/mol. The van der Waals surface area contributed by atoms with E-state index in [1.54, 1.807) is 6.92 Å². The summed E-state index contributed by atoms with van der Waals surface area (Å²) in [6, 6.07) is 0. The minimum Gasteiger partial charge on any atom is -0.435 e. The Bertz CT molecular complexity index is 315. The highest BCUT2D eigenvalue weighted by molar-refractivity contribution is 5.61. The van der Waals surface area contributed by atoms with Crippen LogP contribution in [0.2, 0.25) is 0 Å². The molecule has 0 amide bonds. The zero-order chi connectivity index (χ0) is 15.0. The maximum Gasteiger partial charge on any atom is 0.508 e. The minimum absolute atomic E-state index is 0.250. The first kappa shape index (κ1) is 16.6. The Balaban J connectivity index is 2.43. The Hall–Kier alpha value is -1.46. The highest BCUT2D eigenvalue weighted by Crippen LogP contribution is 2.24. The SMILES string of the molecule is CCOC(=O)OC1CCCCC1OC(=O)OCC(C)C. The van der Waals surface area contributed by atoms with E-state index in [-0.39, 0.29) is 12.5 Å². The molecular formula is C14H24O6. The van der Waals surface area contributed by atoms with Crippen LogP contribution < -0.4 is 0 Å². The molecule has 0 spiro atoms. The Labute approximate surface area is 119 Å². The van der Waals surface area contributed by atoms with E-state index in [2.05, 4.69) is 0 Å². The topological polar surface area (TPSA) is 71.1 Å². The summed E-state index contributed by atoms with van der Waals surface area (Å²) >= 11 is 0. The molecule has 1 fully saturated rings. The van der Waals surface area contributed by atoms with E-state index in [0.29, 0.717) is 19.4 Å². The minimum atomic E-state index is -0.719. The molecule has 0 radical (unpaired) electrons. The van der Waals surface area contributed by atoms with Crippen molar-refractivity contribution in [2.45, 2.75) is 58.7 Å². The van der Waals surface area contributed by atoms with Crippen LogP contribution in [0, 0.1) is 5.92 Å². The molecule has 1 saturated carbocycles. The van der Waals surface area contributed by atoms with Gasteiger partial charge in [0.05, 0.1) is 13.2 Å². The predicted octanol–water partition coefficient (Wildman–Crippen LogP) is 3.28. The molecule has 0 aromatic carbocycles. The molecule has 0 saturated heterocycles. The first-order chi connectivity index (χ1) is 9.52. The normalized spacial score (nSPS) is 22.2. The maximum atomic E-state index is 11.6. The van der Waals surface area contributed by atoms with Gasteiger partial charge in [0, 0.05) is 0 Å². The van der Waals surface area contributed by atoms with E-state index < -0.39 is 24.5 Å². The fourth-order valence-electron chi connectivity index (χ4n) is 2.00. The Morgan fingerprint density at radius 2 is 1.50 bits per heavy atom. The van der Waals surface area contributed by atoms with Gasteiger partial charge in [0.1, 0.15) is 12.2 Å². The number of ether oxygens (including phenoxy) is 4.